The molecule has 3 nitrogen and oxygen atoms in total. The molecule has 1 fully saturated rings. The van der Waals surface area contributed by atoms with Crippen LogP contribution in [0.3, 0.4) is 0 Å². The monoisotopic (exact) mass is 280 g/mol. The molecule has 0 saturated carbocycles. The molecule has 1 unspecified atom stereocenters. The fourth-order valence-electron chi connectivity index (χ4n) is 2.87. The fraction of sp³-hybridized carbons (Fsp3) is 0.667. The van der Waals surface area contributed by atoms with Crippen molar-refractivity contribution in [2.45, 2.75) is 52.1 Å². The van der Waals surface area contributed by atoms with Gasteiger partial charge < -0.3 is 5.73 Å². The van der Waals surface area contributed by atoms with E-state index >= 15 is 0 Å². The molecular formula is C15H24N2OS. The lowest BCUT2D eigenvalue weighted by Crippen LogP contribution is -2.39. The summed E-state index contributed by atoms with van der Waals surface area (Å²) >= 11 is 1.65. The van der Waals surface area contributed by atoms with Crippen LogP contribution in [0.4, 0.5) is 0 Å². The van der Waals surface area contributed by atoms with Crippen molar-refractivity contribution in [2.24, 2.45) is 11.7 Å². The van der Waals surface area contributed by atoms with Gasteiger partial charge in [0.25, 0.3) is 0 Å². The molecule has 0 aromatic carbocycles. The maximum atomic E-state index is 11.1. The Bertz CT molecular complexity index is 428. The summed E-state index contributed by atoms with van der Waals surface area (Å²) < 4.78 is 0. The average Bonchev–Trinajstić information content (AvgIpc) is 2.80. The Morgan fingerprint density at radius 3 is 2.95 bits per heavy atom. The zero-order valence-corrected chi connectivity index (χ0v) is 12.7. The first-order chi connectivity index (χ1) is 9.06. The van der Waals surface area contributed by atoms with E-state index in [-0.39, 0.29) is 5.91 Å². The highest BCUT2D eigenvalue weighted by Crippen LogP contribution is 2.26. The van der Waals surface area contributed by atoms with E-state index in [0.717, 1.165) is 12.5 Å². The lowest BCUT2D eigenvalue weighted by Gasteiger charge is -2.36. The number of primary amides is 1. The van der Waals surface area contributed by atoms with Gasteiger partial charge in [0.15, 0.2) is 0 Å². The van der Waals surface area contributed by atoms with Crippen LogP contribution in [0.2, 0.25) is 0 Å². The average molecular weight is 280 g/mol. The Hall–Kier alpha value is -0.870. The maximum Gasteiger partial charge on any atom is 0.249 e. The summed E-state index contributed by atoms with van der Waals surface area (Å²) in [6.45, 7) is 6.74. The predicted molar refractivity (Wildman–Crippen MR) is 80.3 cm³/mol. The Morgan fingerprint density at radius 1 is 1.53 bits per heavy atom. The first kappa shape index (κ1) is 14.5. The van der Waals surface area contributed by atoms with E-state index in [1.165, 1.54) is 37.1 Å². The lowest BCUT2D eigenvalue weighted by atomic mass is 9.94. The quantitative estimate of drug-likeness (QED) is 0.900. The van der Waals surface area contributed by atoms with Crippen LogP contribution in [0.25, 0.3) is 0 Å². The lowest BCUT2D eigenvalue weighted by molar-refractivity contribution is 0.100. The van der Waals surface area contributed by atoms with Crippen molar-refractivity contribution in [3.05, 3.63) is 21.9 Å². The molecule has 1 saturated heterocycles. The van der Waals surface area contributed by atoms with Gasteiger partial charge in [0.2, 0.25) is 5.91 Å². The van der Waals surface area contributed by atoms with Crippen LogP contribution in [0.1, 0.15) is 54.8 Å². The van der Waals surface area contributed by atoms with Crippen molar-refractivity contribution in [3.63, 3.8) is 0 Å². The van der Waals surface area contributed by atoms with Gasteiger partial charge >= 0.3 is 0 Å². The molecule has 1 atom stereocenters. The van der Waals surface area contributed by atoms with Gasteiger partial charge in [0.05, 0.1) is 5.56 Å². The SMILES string of the molecule is CC(C)CC1CCCCN1Cc1cc(C(N)=O)cs1. The second-order valence-corrected chi connectivity index (χ2v) is 6.91. The minimum atomic E-state index is -0.320. The van der Waals surface area contributed by atoms with Gasteiger partial charge in [-0.25, -0.2) is 0 Å². The molecule has 19 heavy (non-hydrogen) atoms. The number of amides is 1. The third kappa shape index (κ3) is 4.05. The van der Waals surface area contributed by atoms with E-state index < -0.39 is 0 Å². The zero-order valence-electron chi connectivity index (χ0n) is 11.9. The van der Waals surface area contributed by atoms with E-state index in [0.29, 0.717) is 11.6 Å². The van der Waals surface area contributed by atoms with Crippen LogP contribution >= 0.6 is 11.3 Å². The van der Waals surface area contributed by atoms with E-state index in [1.807, 2.05) is 11.4 Å². The van der Waals surface area contributed by atoms with Crippen molar-refractivity contribution < 1.29 is 4.79 Å². The minimum Gasteiger partial charge on any atom is -0.366 e. The highest BCUT2D eigenvalue weighted by molar-refractivity contribution is 7.10. The van der Waals surface area contributed by atoms with Crippen molar-refractivity contribution in [1.82, 2.24) is 4.90 Å². The molecule has 1 aliphatic rings. The summed E-state index contributed by atoms with van der Waals surface area (Å²) in [5.74, 6) is 0.426. The summed E-state index contributed by atoms with van der Waals surface area (Å²) in [6, 6.07) is 2.65. The molecule has 4 heteroatoms. The van der Waals surface area contributed by atoms with Crippen molar-refractivity contribution in [3.8, 4) is 0 Å². The third-order valence-electron chi connectivity index (χ3n) is 3.79. The molecule has 0 aliphatic carbocycles. The number of carbonyl (C=O) groups excluding carboxylic acids is 1. The summed E-state index contributed by atoms with van der Waals surface area (Å²) in [5, 5.41) is 1.87. The number of nitrogens with zero attached hydrogens (tertiary/aromatic N) is 1. The largest absolute Gasteiger partial charge is 0.366 e. The number of thiophene rings is 1. The van der Waals surface area contributed by atoms with Gasteiger partial charge in [-0.05, 0) is 37.8 Å². The molecule has 0 radical (unpaired) electrons. The number of likely N-dealkylation sites (tertiary alicyclic amines) is 1. The highest BCUT2D eigenvalue weighted by Gasteiger charge is 2.23. The molecule has 2 heterocycles. The standard InChI is InChI=1S/C15H24N2OS/c1-11(2)7-13-5-3-4-6-17(13)9-14-8-12(10-19-14)15(16)18/h8,10-11,13H,3-7,9H2,1-2H3,(H2,16,18). The molecule has 1 aromatic heterocycles. The van der Waals surface area contributed by atoms with Gasteiger partial charge in [-0.15, -0.1) is 11.3 Å². The predicted octanol–water partition coefficient (Wildman–Crippen LogP) is 3.25. The number of hydrogen-bond acceptors (Lipinski definition) is 3. The molecule has 106 valence electrons. The van der Waals surface area contributed by atoms with Crippen LogP contribution in [-0.4, -0.2) is 23.4 Å². The molecule has 0 bridgehead atoms. The smallest absolute Gasteiger partial charge is 0.249 e. The first-order valence-electron chi connectivity index (χ1n) is 7.17. The van der Waals surface area contributed by atoms with E-state index in [9.17, 15) is 4.79 Å². The number of carbonyl (C=O) groups is 1. The number of rotatable bonds is 5. The Balaban J connectivity index is 1.99. The zero-order chi connectivity index (χ0) is 13.8. The summed E-state index contributed by atoms with van der Waals surface area (Å²) in [6.07, 6.45) is 5.23. The van der Waals surface area contributed by atoms with Gasteiger partial charge in [-0.1, -0.05) is 20.3 Å². The molecule has 2 rings (SSSR count). The molecule has 0 spiro atoms. The number of piperidine rings is 1. The van der Waals surface area contributed by atoms with Crippen LogP contribution in [0.5, 0.6) is 0 Å². The van der Waals surface area contributed by atoms with Crippen molar-refractivity contribution in [1.29, 1.82) is 0 Å². The van der Waals surface area contributed by atoms with Gasteiger partial charge in [-0.2, -0.15) is 0 Å². The maximum absolute atomic E-state index is 11.1. The molecule has 1 aromatic rings. The van der Waals surface area contributed by atoms with Crippen molar-refractivity contribution >= 4 is 17.2 Å². The van der Waals surface area contributed by atoms with Crippen LogP contribution in [-0.2, 0) is 6.54 Å². The Labute approximate surface area is 119 Å². The Kier molecular flexibility index (Phi) is 4.99. The molecular weight excluding hydrogens is 256 g/mol. The van der Waals surface area contributed by atoms with Crippen LogP contribution < -0.4 is 5.73 Å². The highest BCUT2D eigenvalue weighted by atomic mass is 32.1. The van der Waals surface area contributed by atoms with E-state index in [2.05, 4.69) is 18.7 Å². The van der Waals surface area contributed by atoms with Gasteiger partial charge in [0, 0.05) is 22.8 Å². The summed E-state index contributed by atoms with van der Waals surface area (Å²) in [5.41, 5.74) is 5.96. The Morgan fingerprint density at radius 2 is 2.32 bits per heavy atom. The second kappa shape index (κ2) is 6.53. The molecule has 1 aliphatic heterocycles. The normalized spacial score (nSPS) is 20.9. The third-order valence-corrected chi connectivity index (χ3v) is 4.71. The fourth-order valence-corrected chi connectivity index (χ4v) is 3.77. The number of nitrogens with two attached hydrogens (primary N) is 1. The first-order valence-corrected chi connectivity index (χ1v) is 8.05. The van der Waals surface area contributed by atoms with E-state index in [1.54, 1.807) is 11.3 Å². The van der Waals surface area contributed by atoms with Gasteiger partial charge in [0.1, 0.15) is 0 Å². The minimum absolute atomic E-state index is 0.320. The summed E-state index contributed by atoms with van der Waals surface area (Å²) in [7, 11) is 0. The molecule has 2 N–H and O–H groups in total. The van der Waals surface area contributed by atoms with Crippen LogP contribution in [0, 0.1) is 5.92 Å². The summed E-state index contributed by atoms with van der Waals surface area (Å²) in [4.78, 5) is 15.0. The van der Waals surface area contributed by atoms with Crippen molar-refractivity contribution in [2.75, 3.05) is 6.54 Å². The number of hydrogen-bond donors (Lipinski definition) is 1. The topological polar surface area (TPSA) is 46.3 Å². The van der Waals surface area contributed by atoms with E-state index in [4.69, 9.17) is 5.73 Å². The van der Waals surface area contributed by atoms with Gasteiger partial charge in [-0.3, -0.25) is 9.69 Å². The molecule has 1 amide bonds. The van der Waals surface area contributed by atoms with Crippen LogP contribution in [0.15, 0.2) is 11.4 Å². The second-order valence-electron chi connectivity index (χ2n) is 5.92.